The maximum atomic E-state index is 12.2. The van der Waals surface area contributed by atoms with E-state index in [2.05, 4.69) is 9.88 Å². The van der Waals surface area contributed by atoms with Gasteiger partial charge in [-0.15, -0.1) is 0 Å². The Labute approximate surface area is 133 Å². The number of nitrogens with zero attached hydrogens (tertiary/aromatic N) is 3. The fourth-order valence-electron chi connectivity index (χ4n) is 2.42. The Hall–Kier alpha value is -1.59. The highest BCUT2D eigenvalue weighted by Crippen LogP contribution is 2.17. The van der Waals surface area contributed by atoms with Crippen LogP contribution >= 0.6 is 22.9 Å². The first-order valence-electron chi connectivity index (χ1n) is 6.88. The molecule has 3 heterocycles. The number of carbonyl (C=O) groups is 1. The van der Waals surface area contributed by atoms with Crippen molar-refractivity contribution in [3.8, 4) is 0 Å². The van der Waals surface area contributed by atoms with E-state index in [1.54, 1.807) is 17.5 Å². The van der Waals surface area contributed by atoms with Gasteiger partial charge in [0.2, 0.25) is 5.91 Å². The molecule has 4 nitrogen and oxygen atoms in total. The van der Waals surface area contributed by atoms with Crippen molar-refractivity contribution in [2.24, 2.45) is 0 Å². The number of halogens is 1. The molecular formula is C15H16ClN3OS. The summed E-state index contributed by atoms with van der Waals surface area (Å²) < 4.78 is 0. The van der Waals surface area contributed by atoms with E-state index in [0.717, 1.165) is 37.6 Å². The van der Waals surface area contributed by atoms with Gasteiger partial charge < -0.3 is 9.80 Å². The number of carbonyl (C=O) groups excluding carboxylic acids is 1. The van der Waals surface area contributed by atoms with Crippen LogP contribution in [-0.4, -0.2) is 42.0 Å². The van der Waals surface area contributed by atoms with E-state index in [-0.39, 0.29) is 5.91 Å². The zero-order chi connectivity index (χ0) is 14.7. The molecule has 1 fully saturated rings. The van der Waals surface area contributed by atoms with Gasteiger partial charge in [-0.25, -0.2) is 4.98 Å². The largest absolute Gasteiger partial charge is 0.353 e. The summed E-state index contributed by atoms with van der Waals surface area (Å²) in [6.07, 6.45) is 2.16. The normalized spacial score (nSPS) is 15.3. The van der Waals surface area contributed by atoms with Crippen molar-refractivity contribution in [2.45, 2.75) is 6.42 Å². The number of hydrogen-bond acceptors (Lipinski definition) is 4. The molecule has 2 aromatic rings. The molecule has 2 aromatic heterocycles. The highest BCUT2D eigenvalue weighted by atomic mass is 35.5. The lowest BCUT2D eigenvalue weighted by Gasteiger charge is -2.35. The predicted molar refractivity (Wildman–Crippen MR) is 86.1 cm³/mol. The minimum absolute atomic E-state index is 0.206. The van der Waals surface area contributed by atoms with Gasteiger partial charge in [-0.1, -0.05) is 11.6 Å². The maximum Gasteiger partial charge on any atom is 0.227 e. The lowest BCUT2D eigenvalue weighted by molar-refractivity contribution is -0.130. The van der Waals surface area contributed by atoms with E-state index >= 15 is 0 Å². The number of piperazine rings is 1. The Morgan fingerprint density at radius 2 is 2.05 bits per heavy atom. The van der Waals surface area contributed by atoms with Gasteiger partial charge in [-0.3, -0.25) is 4.79 Å². The van der Waals surface area contributed by atoms with Gasteiger partial charge in [-0.05, 0) is 34.5 Å². The molecule has 0 aromatic carbocycles. The van der Waals surface area contributed by atoms with Gasteiger partial charge in [0.15, 0.2) is 0 Å². The first-order chi connectivity index (χ1) is 10.2. The van der Waals surface area contributed by atoms with E-state index < -0.39 is 0 Å². The number of anilines is 1. The average Bonchev–Trinajstić information content (AvgIpc) is 3.01. The van der Waals surface area contributed by atoms with Gasteiger partial charge in [-0.2, -0.15) is 11.3 Å². The molecule has 1 aliphatic heterocycles. The van der Waals surface area contributed by atoms with Gasteiger partial charge in [0.1, 0.15) is 5.82 Å². The van der Waals surface area contributed by atoms with Crippen molar-refractivity contribution in [2.75, 3.05) is 31.1 Å². The summed E-state index contributed by atoms with van der Waals surface area (Å²) in [6.45, 7) is 3.11. The molecule has 6 heteroatoms. The second-order valence-electron chi connectivity index (χ2n) is 5.01. The zero-order valence-electron chi connectivity index (χ0n) is 11.5. The molecular weight excluding hydrogens is 306 g/mol. The number of rotatable bonds is 3. The topological polar surface area (TPSA) is 36.4 Å². The van der Waals surface area contributed by atoms with Crippen LogP contribution in [0, 0.1) is 0 Å². The summed E-state index contributed by atoms with van der Waals surface area (Å²) in [5.74, 6) is 1.13. The van der Waals surface area contributed by atoms with Crippen LogP contribution in [0.15, 0.2) is 35.2 Å². The Kier molecular flexibility index (Phi) is 4.41. The molecule has 0 aliphatic carbocycles. The Balaban J connectivity index is 1.55. The van der Waals surface area contributed by atoms with E-state index in [4.69, 9.17) is 11.6 Å². The molecule has 110 valence electrons. The molecule has 0 saturated carbocycles. The second kappa shape index (κ2) is 6.45. The smallest absolute Gasteiger partial charge is 0.227 e. The standard InChI is InChI=1S/C15H16ClN3OS/c16-13-1-2-14(17-10-13)18-4-6-19(7-5-18)15(20)9-12-3-8-21-11-12/h1-3,8,10-11H,4-7,9H2. The van der Waals surface area contributed by atoms with Gasteiger partial charge in [0, 0.05) is 32.4 Å². The fraction of sp³-hybridized carbons (Fsp3) is 0.333. The van der Waals surface area contributed by atoms with Crippen LogP contribution in [0.1, 0.15) is 5.56 Å². The molecule has 21 heavy (non-hydrogen) atoms. The predicted octanol–water partition coefficient (Wildman–Crippen LogP) is 2.69. The third kappa shape index (κ3) is 3.54. The SMILES string of the molecule is O=C(Cc1ccsc1)N1CCN(c2ccc(Cl)cn2)CC1. The summed E-state index contributed by atoms with van der Waals surface area (Å²) >= 11 is 7.48. The molecule has 0 radical (unpaired) electrons. The van der Waals surface area contributed by atoms with Crippen LogP contribution in [-0.2, 0) is 11.2 Å². The lowest BCUT2D eigenvalue weighted by atomic mass is 10.2. The van der Waals surface area contributed by atoms with Crippen LogP contribution < -0.4 is 4.90 Å². The second-order valence-corrected chi connectivity index (χ2v) is 6.23. The third-order valence-corrected chi connectivity index (χ3v) is 4.56. The molecule has 1 aliphatic rings. The molecule has 1 saturated heterocycles. The minimum Gasteiger partial charge on any atom is -0.353 e. The van der Waals surface area contributed by atoms with Gasteiger partial charge >= 0.3 is 0 Å². The number of thiophene rings is 1. The molecule has 0 bridgehead atoms. The third-order valence-electron chi connectivity index (χ3n) is 3.60. The van der Waals surface area contributed by atoms with E-state index in [0.29, 0.717) is 11.4 Å². The number of amides is 1. The summed E-state index contributed by atoms with van der Waals surface area (Å²) in [7, 11) is 0. The molecule has 0 unspecified atom stereocenters. The Morgan fingerprint density at radius 1 is 1.24 bits per heavy atom. The van der Waals surface area contributed by atoms with E-state index in [1.165, 1.54) is 0 Å². The van der Waals surface area contributed by atoms with Crippen molar-refractivity contribution in [1.82, 2.24) is 9.88 Å². The summed E-state index contributed by atoms with van der Waals surface area (Å²) in [5, 5.41) is 4.68. The summed E-state index contributed by atoms with van der Waals surface area (Å²) in [4.78, 5) is 20.7. The van der Waals surface area contributed by atoms with Crippen LogP contribution in [0.25, 0.3) is 0 Å². The Bertz CT molecular complexity index is 592. The molecule has 0 N–H and O–H groups in total. The molecule has 0 atom stereocenters. The zero-order valence-corrected chi connectivity index (χ0v) is 13.1. The van der Waals surface area contributed by atoms with Crippen molar-refractivity contribution in [3.05, 3.63) is 45.7 Å². The van der Waals surface area contributed by atoms with Crippen molar-refractivity contribution in [1.29, 1.82) is 0 Å². The minimum atomic E-state index is 0.206. The first kappa shape index (κ1) is 14.4. The van der Waals surface area contributed by atoms with E-state index in [1.807, 2.05) is 33.9 Å². The van der Waals surface area contributed by atoms with Crippen LogP contribution in [0.4, 0.5) is 5.82 Å². The monoisotopic (exact) mass is 321 g/mol. The van der Waals surface area contributed by atoms with Gasteiger partial charge in [0.25, 0.3) is 0 Å². The maximum absolute atomic E-state index is 12.2. The first-order valence-corrected chi connectivity index (χ1v) is 8.20. The highest BCUT2D eigenvalue weighted by molar-refractivity contribution is 7.08. The van der Waals surface area contributed by atoms with Crippen molar-refractivity contribution >= 4 is 34.7 Å². The van der Waals surface area contributed by atoms with Crippen LogP contribution in [0.5, 0.6) is 0 Å². The van der Waals surface area contributed by atoms with Crippen molar-refractivity contribution < 1.29 is 4.79 Å². The van der Waals surface area contributed by atoms with Crippen LogP contribution in [0.2, 0.25) is 5.02 Å². The highest BCUT2D eigenvalue weighted by Gasteiger charge is 2.21. The molecule has 0 spiro atoms. The number of pyridine rings is 1. The average molecular weight is 322 g/mol. The van der Waals surface area contributed by atoms with E-state index in [9.17, 15) is 4.79 Å². The fourth-order valence-corrected chi connectivity index (χ4v) is 3.20. The van der Waals surface area contributed by atoms with Gasteiger partial charge in [0.05, 0.1) is 11.4 Å². The molecule has 3 rings (SSSR count). The summed E-state index contributed by atoms with van der Waals surface area (Å²) in [6, 6.07) is 5.78. The Morgan fingerprint density at radius 3 is 2.67 bits per heavy atom. The van der Waals surface area contributed by atoms with Crippen LogP contribution in [0.3, 0.4) is 0 Å². The van der Waals surface area contributed by atoms with Crippen molar-refractivity contribution in [3.63, 3.8) is 0 Å². The number of hydrogen-bond donors (Lipinski definition) is 0. The summed E-state index contributed by atoms with van der Waals surface area (Å²) in [5.41, 5.74) is 1.10. The quantitative estimate of drug-likeness (QED) is 0.872. The molecule has 1 amide bonds. The number of aromatic nitrogens is 1. The lowest BCUT2D eigenvalue weighted by Crippen LogP contribution is -2.49.